The van der Waals surface area contributed by atoms with Crippen LogP contribution in [0.2, 0.25) is 0 Å². The first-order chi connectivity index (χ1) is 8.71. The maximum atomic E-state index is 12.2. The van der Waals surface area contributed by atoms with Crippen LogP contribution in [0.4, 0.5) is 0 Å². The van der Waals surface area contributed by atoms with Gasteiger partial charge < -0.3 is 0 Å². The van der Waals surface area contributed by atoms with Crippen LogP contribution in [0.25, 0.3) is 0 Å². The fraction of sp³-hybridized carbons (Fsp3) is 0.250. The van der Waals surface area contributed by atoms with Gasteiger partial charge in [-0.15, -0.1) is 0 Å². The van der Waals surface area contributed by atoms with Gasteiger partial charge in [-0.05, 0) is 24.1 Å². The Morgan fingerprint density at radius 2 is 1.67 bits per heavy atom. The predicted molar refractivity (Wildman–Crippen MR) is 69.1 cm³/mol. The normalized spacial score (nSPS) is 25.0. The molecule has 1 aromatic rings. The molecule has 3 rings (SSSR count). The molecule has 0 amide bonds. The van der Waals surface area contributed by atoms with Gasteiger partial charge in [0, 0.05) is 11.8 Å². The molecule has 1 fully saturated rings. The van der Waals surface area contributed by atoms with Crippen molar-refractivity contribution in [3.63, 3.8) is 0 Å². The number of benzene rings is 1. The highest BCUT2D eigenvalue weighted by molar-refractivity contribution is 6.01. The fourth-order valence-electron chi connectivity index (χ4n) is 3.01. The molecule has 2 nitrogen and oxygen atoms in total. The van der Waals surface area contributed by atoms with Crippen molar-refractivity contribution in [2.45, 2.75) is 18.8 Å². The summed E-state index contributed by atoms with van der Waals surface area (Å²) in [4.78, 5) is 23.4. The van der Waals surface area contributed by atoms with Crippen molar-refractivity contribution in [1.82, 2.24) is 0 Å². The fourth-order valence-corrected chi connectivity index (χ4v) is 3.01. The quantitative estimate of drug-likeness (QED) is 0.754. The summed E-state index contributed by atoms with van der Waals surface area (Å²) in [6.07, 6.45) is 8.40. The molecule has 1 atom stereocenters. The second-order valence-corrected chi connectivity index (χ2v) is 4.99. The minimum atomic E-state index is -0.285. The zero-order valence-electron chi connectivity index (χ0n) is 10.0. The van der Waals surface area contributed by atoms with Gasteiger partial charge in [-0.2, -0.15) is 0 Å². The first-order valence-electron chi connectivity index (χ1n) is 6.21. The van der Waals surface area contributed by atoms with E-state index in [1.807, 2.05) is 42.5 Å². The van der Waals surface area contributed by atoms with E-state index >= 15 is 0 Å². The first kappa shape index (κ1) is 11.1. The second-order valence-electron chi connectivity index (χ2n) is 4.99. The highest BCUT2D eigenvalue weighted by Gasteiger charge is 2.46. The van der Waals surface area contributed by atoms with Gasteiger partial charge in [-0.25, -0.2) is 0 Å². The molecule has 18 heavy (non-hydrogen) atoms. The maximum Gasteiger partial charge on any atom is 0.178 e. The summed E-state index contributed by atoms with van der Waals surface area (Å²) in [5.41, 5.74) is 0.760. The summed E-state index contributed by atoms with van der Waals surface area (Å²) >= 11 is 0. The van der Waals surface area contributed by atoms with Crippen molar-refractivity contribution in [3.05, 3.63) is 60.2 Å². The van der Waals surface area contributed by atoms with Crippen molar-refractivity contribution >= 4 is 11.6 Å². The van der Waals surface area contributed by atoms with Gasteiger partial charge in [-0.3, -0.25) is 9.59 Å². The molecule has 0 N–H and O–H groups in total. The molecule has 0 saturated heterocycles. The number of carbonyl (C=O) groups excluding carboxylic acids is 2. The predicted octanol–water partition coefficient (Wildman–Crippen LogP) is 2.81. The SMILES string of the molecule is O=C1C=CC2(C=C1)CCC(=O)C2c1ccccc1. The lowest BCUT2D eigenvalue weighted by Gasteiger charge is -2.30. The summed E-state index contributed by atoms with van der Waals surface area (Å²) in [7, 11) is 0. The van der Waals surface area contributed by atoms with Crippen LogP contribution in [0.15, 0.2) is 54.6 Å². The van der Waals surface area contributed by atoms with Crippen LogP contribution in [0.3, 0.4) is 0 Å². The molecule has 1 saturated carbocycles. The van der Waals surface area contributed by atoms with Crippen LogP contribution in [0.5, 0.6) is 0 Å². The van der Waals surface area contributed by atoms with Crippen molar-refractivity contribution in [1.29, 1.82) is 0 Å². The minimum absolute atomic E-state index is 0.00628. The second kappa shape index (κ2) is 4.05. The summed E-state index contributed by atoms with van der Waals surface area (Å²) in [6, 6.07) is 9.85. The van der Waals surface area contributed by atoms with Gasteiger partial charge in [-0.1, -0.05) is 42.5 Å². The van der Waals surface area contributed by atoms with E-state index in [0.29, 0.717) is 6.42 Å². The Balaban J connectivity index is 2.06. The molecule has 0 aliphatic heterocycles. The summed E-state index contributed by atoms with van der Waals surface area (Å²) in [5.74, 6) is 0.135. The lowest BCUT2D eigenvalue weighted by molar-refractivity contribution is -0.119. The number of hydrogen-bond donors (Lipinski definition) is 0. The van der Waals surface area contributed by atoms with Crippen LogP contribution in [0, 0.1) is 5.41 Å². The van der Waals surface area contributed by atoms with Gasteiger partial charge in [0.15, 0.2) is 5.78 Å². The largest absolute Gasteiger partial charge is 0.299 e. The van der Waals surface area contributed by atoms with Gasteiger partial charge in [0.25, 0.3) is 0 Å². The molecule has 0 radical (unpaired) electrons. The highest BCUT2D eigenvalue weighted by atomic mass is 16.1. The summed E-state index contributed by atoms with van der Waals surface area (Å²) in [5, 5.41) is 0. The minimum Gasteiger partial charge on any atom is -0.299 e. The number of Topliss-reactive ketones (excluding diaryl/α,β-unsaturated/α-hetero) is 1. The van der Waals surface area contributed by atoms with Crippen molar-refractivity contribution in [2.24, 2.45) is 5.41 Å². The standard InChI is InChI=1S/C16H14O2/c17-13-6-9-16(10-7-13)11-8-14(18)15(16)12-4-2-1-3-5-12/h1-7,9-10,15H,8,11H2. The molecule has 2 aliphatic rings. The molecule has 2 aliphatic carbocycles. The van der Waals surface area contributed by atoms with E-state index in [-0.39, 0.29) is 22.9 Å². The molecular formula is C16H14O2. The molecule has 0 aromatic heterocycles. The molecule has 2 heteroatoms. The van der Waals surface area contributed by atoms with E-state index in [1.165, 1.54) is 0 Å². The van der Waals surface area contributed by atoms with Gasteiger partial charge >= 0.3 is 0 Å². The third-order valence-corrected chi connectivity index (χ3v) is 3.91. The van der Waals surface area contributed by atoms with Crippen LogP contribution < -0.4 is 0 Å². The Morgan fingerprint density at radius 1 is 1.00 bits per heavy atom. The number of hydrogen-bond acceptors (Lipinski definition) is 2. The number of carbonyl (C=O) groups is 2. The van der Waals surface area contributed by atoms with E-state index in [1.54, 1.807) is 12.2 Å². The van der Waals surface area contributed by atoms with Gasteiger partial charge in [0.1, 0.15) is 5.78 Å². The first-order valence-corrected chi connectivity index (χ1v) is 6.21. The topological polar surface area (TPSA) is 34.1 Å². The van der Waals surface area contributed by atoms with Crippen LogP contribution in [0.1, 0.15) is 24.3 Å². The number of ketones is 2. The Hall–Kier alpha value is -1.96. The Kier molecular flexibility index (Phi) is 2.51. The van der Waals surface area contributed by atoms with E-state index in [4.69, 9.17) is 0 Å². The molecule has 1 unspecified atom stereocenters. The van der Waals surface area contributed by atoms with Crippen LogP contribution in [-0.2, 0) is 9.59 Å². The third kappa shape index (κ3) is 1.65. The van der Waals surface area contributed by atoms with E-state index in [9.17, 15) is 9.59 Å². The monoisotopic (exact) mass is 238 g/mol. The lowest BCUT2D eigenvalue weighted by Crippen LogP contribution is -2.25. The average Bonchev–Trinajstić information content (AvgIpc) is 2.72. The zero-order valence-corrected chi connectivity index (χ0v) is 10.0. The van der Waals surface area contributed by atoms with Gasteiger partial charge in [0.2, 0.25) is 0 Å². The molecular weight excluding hydrogens is 224 g/mol. The van der Waals surface area contributed by atoms with Gasteiger partial charge in [0.05, 0.1) is 5.92 Å². The Morgan fingerprint density at radius 3 is 2.33 bits per heavy atom. The number of rotatable bonds is 1. The zero-order chi connectivity index (χ0) is 12.6. The van der Waals surface area contributed by atoms with Crippen molar-refractivity contribution in [3.8, 4) is 0 Å². The smallest absolute Gasteiger partial charge is 0.178 e. The molecule has 1 spiro atoms. The molecule has 0 heterocycles. The average molecular weight is 238 g/mol. The van der Waals surface area contributed by atoms with E-state index in [2.05, 4.69) is 0 Å². The molecule has 1 aromatic carbocycles. The Bertz CT molecular complexity index is 536. The van der Waals surface area contributed by atoms with E-state index in [0.717, 1.165) is 12.0 Å². The summed E-state index contributed by atoms with van der Waals surface area (Å²) in [6.45, 7) is 0. The number of allylic oxidation sites excluding steroid dienone is 4. The molecule has 90 valence electrons. The Labute approximate surface area is 106 Å². The lowest BCUT2D eigenvalue weighted by atomic mass is 9.72. The van der Waals surface area contributed by atoms with Crippen molar-refractivity contribution < 1.29 is 9.59 Å². The van der Waals surface area contributed by atoms with Crippen LogP contribution >= 0.6 is 0 Å². The third-order valence-electron chi connectivity index (χ3n) is 3.91. The summed E-state index contributed by atoms with van der Waals surface area (Å²) < 4.78 is 0. The van der Waals surface area contributed by atoms with Crippen LogP contribution in [-0.4, -0.2) is 11.6 Å². The van der Waals surface area contributed by atoms with Crippen molar-refractivity contribution in [2.75, 3.05) is 0 Å². The highest BCUT2D eigenvalue weighted by Crippen LogP contribution is 2.50. The van der Waals surface area contributed by atoms with E-state index < -0.39 is 0 Å². The maximum absolute atomic E-state index is 12.2. The molecule has 0 bridgehead atoms.